The van der Waals surface area contributed by atoms with Crippen molar-refractivity contribution < 1.29 is 27.5 Å². The molecule has 1 aromatic carbocycles. The molecule has 1 fully saturated rings. The Morgan fingerprint density at radius 3 is 2.52 bits per heavy atom. The lowest BCUT2D eigenvalue weighted by molar-refractivity contribution is -0.274. The molecule has 25 heavy (non-hydrogen) atoms. The molecule has 2 rings (SSSR count). The van der Waals surface area contributed by atoms with Gasteiger partial charge in [0, 0.05) is 26.1 Å². The van der Waals surface area contributed by atoms with Crippen molar-refractivity contribution in [3.05, 3.63) is 29.8 Å². The second kappa shape index (κ2) is 7.76. The number of carbonyl (C=O) groups excluding carboxylic acids is 2. The second-order valence-electron chi connectivity index (χ2n) is 6.51. The molecule has 0 aliphatic carbocycles. The highest BCUT2D eigenvalue weighted by Crippen LogP contribution is 2.24. The van der Waals surface area contributed by atoms with E-state index in [1.165, 1.54) is 24.3 Å². The average molecular weight is 358 g/mol. The fraction of sp³-hybridized carbons (Fsp3) is 0.529. The van der Waals surface area contributed by atoms with Crippen LogP contribution in [0.1, 0.15) is 25.8 Å². The molecule has 1 saturated heterocycles. The molecule has 0 bridgehead atoms. The van der Waals surface area contributed by atoms with E-state index in [0.717, 1.165) is 0 Å². The van der Waals surface area contributed by atoms with E-state index in [2.05, 4.69) is 10.1 Å². The lowest BCUT2D eigenvalue weighted by atomic mass is 10.1. The van der Waals surface area contributed by atoms with E-state index in [1.807, 2.05) is 13.8 Å². The summed E-state index contributed by atoms with van der Waals surface area (Å²) in [5.74, 6) is -0.651. The molecule has 0 aromatic heterocycles. The highest BCUT2D eigenvalue weighted by atomic mass is 19.4. The zero-order valence-electron chi connectivity index (χ0n) is 14.1. The predicted octanol–water partition coefficient (Wildman–Crippen LogP) is 2.71. The standard InChI is InChI=1S/C17H21F3N2O3/c1-11(2)8-21-16(24)13-7-15(23)22(10-13)9-12-3-5-14(6-4-12)25-17(18,19)20/h3-6,11,13H,7-10H2,1-2H3,(H,21,24). The Morgan fingerprint density at radius 1 is 1.32 bits per heavy atom. The van der Waals surface area contributed by atoms with Gasteiger partial charge in [0.05, 0.1) is 5.92 Å². The monoisotopic (exact) mass is 358 g/mol. The first-order valence-electron chi connectivity index (χ1n) is 8.04. The van der Waals surface area contributed by atoms with Gasteiger partial charge in [0.1, 0.15) is 5.75 Å². The van der Waals surface area contributed by atoms with Crippen molar-refractivity contribution >= 4 is 11.8 Å². The van der Waals surface area contributed by atoms with Gasteiger partial charge in [0.15, 0.2) is 0 Å². The van der Waals surface area contributed by atoms with Crippen LogP contribution in [-0.2, 0) is 16.1 Å². The quantitative estimate of drug-likeness (QED) is 0.851. The minimum atomic E-state index is -4.73. The Kier molecular flexibility index (Phi) is 5.92. The van der Waals surface area contributed by atoms with Crippen molar-refractivity contribution in [3.63, 3.8) is 0 Å². The fourth-order valence-corrected chi connectivity index (χ4v) is 2.57. The van der Waals surface area contributed by atoms with Crippen LogP contribution in [0.3, 0.4) is 0 Å². The summed E-state index contributed by atoms with van der Waals surface area (Å²) in [5.41, 5.74) is 0.672. The van der Waals surface area contributed by atoms with E-state index in [0.29, 0.717) is 24.6 Å². The van der Waals surface area contributed by atoms with Gasteiger partial charge in [-0.05, 0) is 23.6 Å². The van der Waals surface area contributed by atoms with E-state index in [-0.39, 0.29) is 36.4 Å². The summed E-state index contributed by atoms with van der Waals surface area (Å²) in [5, 5.41) is 2.82. The van der Waals surface area contributed by atoms with E-state index < -0.39 is 6.36 Å². The van der Waals surface area contributed by atoms with Crippen LogP contribution < -0.4 is 10.1 Å². The summed E-state index contributed by atoms with van der Waals surface area (Å²) in [6.45, 7) is 5.09. The molecule has 1 aliphatic rings. The summed E-state index contributed by atoms with van der Waals surface area (Å²) < 4.78 is 40.2. The third kappa shape index (κ3) is 5.95. The number of hydrogen-bond acceptors (Lipinski definition) is 3. The lowest BCUT2D eigenvalue weighted by Crippen LogP contribution is -2.34. The molecule has 8 heteroatoms. The smallest absolute Gasteiger partial charge is 0.406 e. The molecule has 2 amide bonds. The number of hydrogen-bond donors (Lipinski definition) is 1. The number of nitrogens with zero attached hydrogens (tertiary/aromatic N) is 1. The van der Waals surface area contributed by atoms with Crippen LogP contribution in [0.15, 0.2) is 24.3 Å². The van der Waals surface area contributed by atoms with Crippen LogP contribution in [0.25, 0.3) is 0 Å². The molecule has 1 aliphatic heterocycles. The molecule has 0 spiro atoms. The van der Waals surface area contributed by atoms with Crippen molar-refractivity contribution in [3.8, 4) is 5.75 Å². The van der Waals surface area contributed by atoms with E-state index in [4.69, 9.17) is 0 Å². The van der Waals surface area contributed by atoms with Gasteiger partial charge in [-0.3, -0.25) is 9.59 Å². The maximum atomic E-state index is 12.1. The number of nitrogens with one attached hydrogen (secondary N) is 1. The van der Waals surface area contributed by atoms with Gasteiger partial charge in [0.2, 0.25) is 11.8 Å². The SMILES string of the molecule is CC(C)CNC(=O)C1CC(=O)N(Cc2ccc(OC(F)(F)F)cc2)C1. The zero-order valence-corrected chi connectivity index (χ0v) is 14.1. The van der Waals surface area contributed by atoms with Crippen molar-refractivity contribution in [1.82, 2.24) is 10.2 Å². The molecule has 1 heterocycles. The van der Waals surface area contributed by atoms with Gasteiger partial charge < -0.3 is 15.0 Å². The molecule has 1 aromatic rings. The van der Waals surface area contributed by atoms with Gasteiger partial charge in [0.25, 0.3) is 0 Å². The Labute approximate surface area is 144 Å². The number of alkyl halides is 3. The highest BCUT2D eigenvalue weighted by molar-refractivity contribution is 5.89. The third-order valence-corrected chi connectivity index (χ3v) is 3.80. The van der Waals surface area contributed by atoms with Crippen molar-refractivity contribution in [2.75, 3.05) is 13.1 Å². The van der Waals surface area contributed by atoms with Gasteiger partial charge in [-0.25, -0.2) is 0 Å². The van der Waals surface area contributed by atoms with Crippen LogP contribution >= 0.6 is 0 Å². The number of amides is 2. The van der Waals surface area contributed by atoms with Crippen LogP contribution in [0.2, 0.25) is 0 Å². The Morgan fingerprint density at radius 2 is 1.96 bits per heavy atom. The first-order chi connectivity index (χ1) is 11.6. The number of carbonyl (C=O) groups is 2. The van der Waals surface area contributed by atoms with Crippen LogP contribution in [0.4, 0.5) is 13.2 Å². The van der Waals surface area contributed by atoms with Crippen molar-refractivity contribution in [2.45, 2.75) is 33.2 Å². The molecule has 1 atom stereocenters. The topological polar surface area (TPSA) is 58.6 Å². The minimum absolute atomic E-state index is 0.139. The first-order valence-corrected chi connectivity index (χ1v) is 8.04. The average Bonchev–Trinajstić information content (AvgIpc) is 2.86. The van der Waals surface area contributed by atoms with Gasteiger partial charge in [-0.2, -0.15) is 0 Å². The Hall–Kier alpha value is -2.25. The number of halogens is 3. The fourth-order valence-electron chi connectivity index (χ4n) is 2.57. The predicted molar refractivity (Wildman–Crippen MR) is 84.5 cm³/mol. The number of rotatable bonds is 6. The molecule has 0 radical (unpaired) electrons. The van der Waals surface area contributed by atoms with Gasteiger partial charge in [-0.1, -0.05) is 26.0 Å². The van der Waals surface area contributed by atoms with Crippen LogP contribution in [-0.4, -0.2) is 36.2 Å². The maximum absolute atomic E-state index is 12.1. The molecule has 1 N–H and O–H groups in total. The molecule has 5 nitrogen and oxygen atoms in total. The normalized spacial score (nSPS) is 17.9. The van der Waals surface area contributed by atoms with Crippen LogP contribution in [0, 0.1) is 11.8 Å². The summed E-state index contributed by atoms with van der Waals surface area (Å²) in [7, 11) is 0. The molecule has 138 valence electrons. The van der Waals surface area contributed by atoms with Crippen molar-refractivity contribution in [2.24, 2.45) is 11.8 Å². The molecule has 1 unspecified atom stereocenters. The van der Waals surface area contributed by atoms with Crippen LogP contribution in [0.5, 0.6) is 5.75 Å². The largest absolute Gasteiger partial charge is 0.573 e. The minimum Gasteiger partial charge on any atom is -0.406 e. The number of ether oxygens (including phenoxy) is 1. The zero-order chi connectivity index (χ0) is 18.6. The third-order valence-electron chi connectivity index (χ3n) is 3.80. The van der Waals surface area contributed by atoms with E-state index in [9.17, 15) is 22.8 Å². The Bertz CT molecular complexity index is 615. The molecular weight excluding hydrogens is 337 g/mol. The number of benzene rings is 1. The summed E-state index contributed by atoms with van der Waals surface area (Å²) in [6.07, 6.45) is -4.58. The molecular formula is C17H21F3N2O3. The second-order valence-corrected chi connectivity index (χ2v) is 6.51. The summed E-state index contributed by atoms with van der Waals surface area (Å²) in [6, 6.07) is 5.35. The summed E-state index contributed by atoms with van der Waals surface area (Å²) >= 11 is 0. The van der Waals surface area contributed by atoms with Gasteiger partial charge >= 0.3 is 6.36 Å². The van der Waals surface area contributed by atoms with E-state index in [1.54, 1.807) is 4.90 Å². The molecule has 0 saturated carbocycles. The Balaban J connectivity index is 1.90. The van der Waals surface area contributed by atoms with Gasteiger partial charge in [-0.15, -0.1) is 13.2 Å². The lowest BCUT2D eigenvalue weighted by Gasteiger charge is -2.17. The maximum Gasteiger partial charge on any atom is 0.573 e. The number of likely N-dealkylation sites (tertiary alicyclic amines) is 1. The first kappa shape index (κ1) is 19.1. The van der Waals surface area contributed by atoms with E-state index >= 15 is 0 Å². The highest BCUT2D eigenvalue weighted by Gasteiger charge is 2.34. The summed E-state index contributed by atoms with van der Waals surface area (Å²) in [4.78, 5) is 25.7. The van der Waals surface area contributed by atoms with Crippen molar-refractivity contribution in [1.29, 1.82) is 0 Å².